The van der Waals surface area contributed by atoms with E-state index in [1.807, 2.05) is 4.79 Å². The Labute approximate surface area is 94.2 Å². The summed E-state index contributed by atoms with van der Waals surface area (Å²) in [5, 5.41) is 0. The Morgan fingerprint density at radius 3 is 2.18 bits per heavy atom. The summed E-state index contributed by atoms with van der Waals surface area (Å²) < 4.78 is 41.6. The van der Waals surface area contributed by atoms with Crippen LogP contribution in [0.25, 0.3) is 5.53 Å². The summed E-state index contributed by atoms with van der Waals surface area (Å²) in [4.78, 5) is 13.4. The van der Waals surface area contributed by atoms with E-state index >= 15 is 0 Å². The highest BCUT2D eigenvalue weighted by Gasteiger charge is 2.49. The zero-order valence-electron chi connectivity index (χ0n) is 8.65. The van der Waals surface area contributed by atoms with Gasteiger partial charge in [-0.3, -0.25) is 4.79 Å². The summed E-state index contributed by atoms with van der Waals surface area (Å²) in [6.45, 7) is 0. The fraction of sp³-hybridized carbons (Fsp3) is 0.200. The van der Waals surface area contributed by atoms with Crippen molar-refractivity contribution >= 4 is 11.5 Å². The van der Waals surface area contributed by atoms with Gasteiger partial charge in [0.05, 0.1) is 7.11 Å². The van der Waals surface area contributed by atoms with Gasteiger partial charge in [-0.15, -0.1) is 0 Å². The van der Waals surface area contributed by atoms with Crippen molar-refractivity contribution in [1.29, 1.82) is 0 Å². The SMILES string of the molecule is COc1ccc(C(=O)C(=[N+]=[N-])C(F)(F)F)cc1. The molecule has 0 heterocycles. The molecule has 0 fully saturated rings. The first kappa shape index (κ1) is 12.9. The zero-order chi connectivity index (χ0) is 13.1. The molecular formula is C10H7F3N2O2. The molecule has 17 heavy (non-hydrogen) atoms. The lowest BCUT2D eigenvalue weighted by atomic mass is 10.1. The molecule has 0 saturated heterocycles. The number of hydrogen-bond donors (Lipinski definition) is 0. The van der Waals surface area contributed by atoms with Crippen molar-refractivity contribution in [3.05, 3.63) is 35.4 Å². The second kappa shape index (κ2) is 4.80. The molecule has 4 nitrogen and oxygen atoms in total. The minimum Gasteiger partial charge on any atom is -0.497 e. The van der Waals surface area contributed by atoms with E-state index in [-0.39, 0.29) is 5.56 Å². The van der Waals surface area contributed by atoms with Crippen LogP contribution in [0.4, 0.5) is 13.2 Å². The maximum atomic E-state index is 12.3. The van der Waals surface area contributed by atoms with Crippen molar-refractivity contribution in [2.24, 2.45) is 0 Å². The van der Waals surface area contributed by atoms with Gasteiger partial charge in [0.15, 0.2) is 0 Å². The van der Waals surface area contributed by atoms with E-state index in [4.69, 9.17) is 10.3 Å². The van der Waals surface area contributed by atoms with E-state index < -0.39 is 17.7 Å². The van der Waals surface area contributed by atoms with Gasteiger partial charge >= 0.3 is 11.9 Å². The standard InChI is InChI=1S/C10H7F3N2O2/c1-17-7-4-2-6(3-5-7)8(16)9(15-14)10(11,12)13/h2-5H,1H3. The maximum absolute atomic E-state index is 12.3. The second-order valence-corrected chi connectivity index (χ2v) is 3.00. The predicted octanol–water partition coefficient (Wildman–Crippen LogP) is 2.11. The van der Waals surface area contributed by atoms with Gasteiger partial charge in [0.2, 0.25) is 0 Å². The van der Waals surface area contributed by atoms with E-state index in [1.165, 1.54) is 19.2 Å². The van der Waals surface area contributed by atoms with Crippen LogP contribution in [-0.2, 0) is 0 Å². The number of hydrogen-bond acceptors (Lipinski definition) is 2. The van der Waals surface area contributed by atoms with Gasteiger partial charge in [0, 0.05) is 5.56 Å². The summed E-state index contributed by atoms with van der Waals surface area (Å²) in [6, 6.07) is 4.97. The lowest BCUT2D eigenvalue weighted by molar-refractivity contribution is -0.111. The first-order chi connectivity index (χ1) is 7.90. The van der Waals surface area contributed by atoms with Gasteiger partial charge in [0.25, 0.3) is 5.78 Å². The summed E-state index contributed by atoms with van der Waals surface area (Å²) in [5.74, 6) is -1.00. The average Bonchev–Trinajstić information content (AvgIpc) is 2.28. The van der Waals surface area contributed by atoms with Crippen molar-refractivity contribution in [2.45, 2.75) is 6.18 Å². The number of alkyl halides is 3. The number of methoxy groups -OCH3 is 1. The van der Waals surface area contributed by atoms with Crippen LogP contribution in [0.3, 0.4) is 0 Å². The third-order valence-electron chi connectivity index (χ3n) is 1.94. The first-order valence-electron chi connectivity index (χ1n) is 4.38. The minimum absolute atomic E-state index is 0.240. The highest BCUT2D eigenvalue weighted by molar-refractivity contribution is 6.45. The van der Waals surface area contributed by atoms with Crippen molar-refractivity contribution < 1.29 is 27.5 Å². The number of Topliss-reactive ketones (excluding diaryl/α,β-unsaturated/α-hetero) is 1. The Bertz CT molecular complexity index is 473. The highest BCUT2D eigenvalue weighted by atomic mass is 19.4. The largest absolute Gasteiger partial charge is 0.499 e. The van der Waals surface area contributed by atoms with Crippen molar-refractivity contribution in [3.8, 4) is 5.75 Å². The van der Waals surface area contributed by atoms with Crippen molar-refractivity contribution in [1.82, 2.24) is 0 Å². The number of carbonyl (C=O) groups is 1. The smallest absolute Gasteiger partial charge is 0.497 e. The molecular weight excluding hydrogens is 237 g/mol. The van der Waals surface area contributed by atoms with Crippen molar-refractivity contribution in [3.63, 3.8) is 0 Å². The molecule has 0 aliphatic carbocycles. The van der Waals surface area contributed by atoms with Gasteiger partial charge in [-0.25, -0.2) is 0 Å². The molecule has 0 atom stereocenters. The Morgan fingerprint density at radius 1 is 1.29 bits per heavy atom. The second-order valence-electron chi connectivity index (χ2n) is 3.00. The molecule has 0 unspecified atom stereocenters. The number of halogens is 3. The number of nitrogens with zero attached hydrogens (tertiary/aromatic N) is 2. The molecule has 0 N–H and O–H groups in total. The van der Waals surface area contributed by atoms with Crippen molar-refractivity contribution in [2.75, 3.05) is 7.11 Å². The Kier molecular flexibility index (Phi) is 3.65. The number of ketones is 1. The maximum Gasteiger partial charge on any atom is 0.499 e. The first-order valence-corrected chi connectivity index (χ1v) is 4.38. The van der Waals surface area contributed by atoms with E-state index in [1.54, 1.807) is 0 Å². The summed E-state index contributed by atoms with van der Waals surface area (Å²) >= 11 is 0. The van der Waals surface area contributed by atoms with Crippen LogP contribution in [0.2, 0.25) is 0 Å². The Hall–Kier alpha value is -2.14. The third kappa shape index (κ3) is 2.92. The molecule has 1 aromatic rings. The molecule has 1 aromatic carbocycles. The number of carbonyl (C=O) groups excluding carboxylic acids is 1. The molecule has 7 heteroatoms. The van der Waals surface area contributed by atoms with E-state index in [2.05, 4.69) is 0 Å². The molecule has 0 aromatic heterocycles. The normalized spacial score (nSPS) is 10.6. The van der Waals surface area contributed by atoms with Crippen LogP contribution in [0.15, 0.2) is 24.3 Å². The fourth-order valence-electron chi connectivity index (χ4n) is 1.11. The van der Waals surface area contributed by atoms with E-state index in [9.17, 15) is 18.0 Å². The average molecular weight is 244 g/mol. The molecule has 0 bridgehead atoms. The van der Waals surface area contributed by atoms with Gasteiger partial charge in [-0.05, 0) is 24.3 Å². The van der Waals surface area contributed by atoms with Gasteiger partial charge in [-0.1, -0.05) is 0 Å². The zero-order valence-corrected chi connectivity index (χ0v) is 8.65. The summed E-state index contributed by atoms with van der Waals surface area (Å²) in [5.41, 5.74) is 6.12. The van der Waals surface area contributed by atoms with Crippen LogP contribution in [-0.4, -0.2) is 29.6 Å². The van der Waals surface area contributed by atoms with Crippen LogP contribution in [0.5, 0.6) is 5.75 Å². The number of rotatable bonds is 3. The lowest BCUT2D eigenvalue weighted by Gasteiger charge is -2.02. The molecule has 0 amide bonds. The molecule has 0 radical (unpaired) electrons. The summed E-state index contributed by atoms with van der Waals surface area (Å²) in [6.07, 6.45) is -4.99. The van der Waals surface area contributed by atoms with Gasteiger partial charge in [-0.2, -0.15) is 18.0 Å². The molecule has 0 aliphatic heterocycles. The van der Waals surface area contributed by atoms with Crippen LogP contribution in [0, 0.1) is 0 Å². The predicted molar refractivity (Wildman–Crippen MR) is 52.0 cm³/mol. The lowest BCUT2D eigenvalue weighted by Crippen LogP contribution is -2.32. The molecule has 90 valence electrons. The number of ether oxygens (including phenoxy) is 1. The monoisotopic (exact) mass is 244 g/mol. The van der Waals surface area contributed by atoms with Crippen LogP contribution in [0.1, 0.15) is 10.4 Å². The molecule has 0 aliphatic rings. The Balaban J connectivity index is 3.08. The third-order valence-corrected chi connectivity index (χ3v) is 1.94. The van der Waals surface area contributed by atoms with Crippen LogP contribution < -0.4 is 4.74 Å². The van der Waals surface area contributed by atoms with Gasteiger partial charge < -0.3 is 10.3 Å². The molecule has 1 rings (SSSR count). The fourth-order valence-corrected chi connectivity index (χ4v) is 1.11. The van der Waals surface area contributed by atoms with Gasteiger partial charge in [0.1, 0.15) is 5.75 Å². The molecule has 0 spiro atoms. The minimum atomic E-state index is -4.99. The molecule has 0 saturated carbocycles. The quantitative estimate of drug-likeness (QED) is 0.354. The summed E-state index contributed by atoms with van der Waals surface area (Å²) in [7, 11) is 1.38. The van der Waals surface area contributed by atoms with Crippen LogP contribution >= 0.6 is 0 Å². The van der Waals surface area contributed by atoms with E-state index in [0.717, 1.165) is 12.1 Å². The highest BCUT2D eigenvalue weighted by Crippen LogP contribution is 2.20. The number of benzene rings is 1. The topological polar surface area (TPSA) is 62.7 Å². The Morgan fingerprint density at radius 2 is 1.82 bits per heavy atom. The van der Waals surface area contributed by atoms with E-state index in [0.29, 0.717) is 5.75 Å².